The summed E-state index contributed by atoms with van der Waals surface area (Å²) < 4.78 is 5.41. The van der Waals surface area contributed by atoms with Gasteiger partial charge in [-0.2, -0.15) is 0 Å². The van der Waals surface area contributed by atoms with E-state index in [9.17, 15) is 9.90 Å². The second kappa shape index (κ2) is 5.88. The molecule has 4 rings (SSSR count). The van der Waals surface area contributed by atoms with Gasteiger partial charge in [-0.25, -0.2) is 0 Å². The quantitative estimate of drug-likeness (QED) is 0.670. The van der Waals surface area contributed by atoms with Crippen LogP contribution in [0.1, 0.15) is 23.6 Å². The summed E-state index contributed by atoms with van der Waals surface area (Å²) in [6.45, 7) is 2.41. The minimum absolute atomic E-state index is 0.0133. The van der Waals surface area contributed by atoms with Crippen LogP contribution in [0.25, 0.3) is 29.5 Å². The van der Waals surface area contributed by atoms with E-state index in [2.05, 4.69) is 16.4 Å². The average molecular weight is 329 g/mol. The van der Waals surface area contributed by atoms with Gasteiger partial charge >= 0.3 is 0 Å². The standard InChI is InChI=1S/C21H15NO3/c1-2-25-14-8-9-16-18(21(24)22-19(16)11-14)12-17-15-6-4-3-5-13(15)7-10-20(17)23/h3-7,10-12,22,24H,2H2,1H3. The van der Waals surface area contributed by atoms with Crippen LogP contribution in [0.15, 0.2) is 41.8 Å². The van der Waals surface area contributed by atoms with Crippen molar-refractivity contribution >= 4 is 35.3 Å². The van der Waals surface area contributed by atoms with Crippen molar-refractivity contribution < 1.29 is 14.6 Å². The van der Waals surface area contributed by atoms with E-state index in [1.54, 1.807) is 24.3 Å². The number of aromatic nitrogens is 1. The van der Waals surface area contributed by atoms with E-state index < -0.39 is 0 Å². The molecule has 0 saturated heterocycles. The van der Waals surface area contributed by atoms with Gasteiger partial charge in [-0.1, -0.05) is 36.1 Å². The Morgan fingerprint density at radius 1 is 1.24 bits per heavy atom. The van der Waals surface area contributed by atoms with Gasteiger partial charge in [-0.05, 0) is 35.9 Å². The minimum Gasteiger partial charge on any atom is -0.494 e. The highest BCUT2D eigenvalue weighted by molar-refractivity contribution is 6.33. The van der Waals surface area contributed by atoms with E-state index in [1.807, 2.05) is 31.2 Å². The molecule has 0 unspecified atom stereocenters. The van der Waals surface area contributed by atoms with E-state index in [0.29, 0.717) is 34.1 Å². The summed E-state index contributed by atoms with van der Waals surface area (Å²) in [5.41, 5.74) is 8.81. The van der Waals surface area contributed by atoms with E-state index in [-0.39, 0.29) is 11.7 Å². The predicted molar refractivity (Wildman–Crippen MR) is 96.6 cm³/mol. The normalized spacial score (nSPS) is 16.0. The number of allylic oxidation sites excluding steroid dienone is 3. The molecule has 0 amide bonds. The fraction of sp³-hybridized carbons (Fsp3) is 0.0952. The van der Waals surface area contributed by atoms with Crippen molar-refractivity contribution in [2.75, 3.05) is 6.61 Å². The molecule has 0 atom stereocenters. The molecule has 0 radical (unpaired) electrons. The lowest BCUT2D eigenvalue weighted by Gasteiger charge is -2.12. The molecule has 2 N–H and O–H groups in total. The number of ketones is 1. The molecule has 1 aromatic carbocycles. The lowest BCUT2D eigenvalue weighted by molar-refractivity contribution is -0.109. The maximum atomic E-state index is 12.4. The molecule has 1 aromatic heterocycles. The first-order valence-electron chi connectivity index (χ1n) is 8.02. The van der Waals surface area contributed by atoms with Gasteiger partial charge in [0.2, 0.25) is 0 Å². The largest absolute Gasteiger partial charge is 0.494 e. The molecule has 25 heavy (non-hydrogen) atoms. The molecule has 0 fully saturated rings. The van der Waals surface area contributed by atoms with Crippen LogP contribution in [0.2, 0.25) is 0 Å². The summed E-state index contributed by atoms with van der Waals surface area (Å²) in [5.74, 6) is 0.445. The van der Waals surface area contributed by atoms with Crippen LogP contribution in [-0.2, 0) is 9.53 Å². The third-order valence-corrected chi connectivity index (χ3v) is 4.15. The van der Waals surface area contributed by atoms with Gasteiger partial charge in [0.1, 0.15) is 0 Å². The number of benzene rings is 1. The summed E-state index contributed by atoms with van der Waals surface area (Å²) in [5, 5.41) is 11.7. The van der Waals surface area contributed by atoms with Gasteiger partial charge in [0.25, 0.3) is 0 Å². The first-order valence-corrected chi connectivity index (χ1v) is 8.02. The Morgan fingerprint density at radius 2 is 2.08 bits per heavy atom. The van der Waals surface area contributed by atoms with Crippen LogP contribution in [-0.4, -0.2) is 22.5 Å². The second-order valence-electron chi connectivity index (χ2n) is 5.71. The fourth-order valence-electron chi connectivity index (χ4n) is 3.00. The van der Waals surface area contributed by atoms with Gasteiger partial charge in [0.05, 0.1) is 22.7 Å². The van der Waals surface area contributed by atoms with Gasteiger partial charge in [-0.15, -0.1) is 0 Å². The van der Waals surface area contributed by atoms with E-state index in [1.165, 1.54) is 0 Å². The molecule has 122 valence electrons. The van der Waals surface area contributed by atoms with Crippen molar-refractivity contribution in [2.24, 2.45) is 0 Å². The van der Waals surface area contributed by atoms with E-state index in [0.717, 1.165) is 11.1 Å². The topological polar surface area (TPSA) is 62.3 Å². The number of H-pyrrole nitrogens is 1. The summed E-state index contributed by atoms with van der Waals surface area (Å²) in [6, 6.07) is 7.67. The molecule has 0 aliphatic heterocycles. The van der Waals surface area contributed by atoms with E-state index in [4.69, 9.17) is 4.74 Å². The van der Waals surface area contributed by atoms with Gasteiger partial charge in [-0.3, -0.25) is 4.79 Å². The molecule has 0 bridgehead atoms. The maximum absolute atomic E-state index is 12.4. The SMILES string of the molecule is CCOC1=C=C=c2c(C=C3C(=O)C=Cc4ccccc43)c(O)[nH]c2=C1. The van der Waals surface area contributed by atoms with Crippen molar-refractivity contribution in [3.8, 4) is 5.88 Å². The van der Waals surface area contributed by atoms with Gasteiger partial charge in [0, 0.05) is 11.6 Å². The smallest absolute Gasteiger partial charge is 0.197 e. The Kier molecular flexibility index (Phi) is 3.55. The van der Waals surface area contributed by atoms with E-state index >= 15 is 0 Å². The Morgan fingerprint density at radius 3 is 2.92 bits per heavy atom. The number of aromatic amines is 1. The van der Waals surface area contributed by atoms with Crippen LogP contribution in [0.3, 0.4) is 0 Å². The van der Waals surface area contributed by atoms with Crippen molar-refractivity contribution in [3.05, 3.63) is 69.1 Å². The number of hydrogen-bond donors (Lipinski definition) is 2. The number of nitrogens with one attached hydrogen (secondary N) is 1. The van der Waals surface area contributed by atoms with Crippen molar-refractivity contribution in [1.82, 2.24) is 4.98 Å². The number of aromatic hydroxyl groups is 1. The number of ether oxygens (including phenoxy) is 1. The molecule has 2 aliphatic rings. The lowest BCUT2D eigenvalue weighted by atomic mass is 9.90. The molecule has 1 heterocycles. The van der Waals surface area contributed by atoms with Gasteiger partial charge in [0.15, 0.2) is 17.4 Å². The number of fused-ring (bicyclic) bond motifs is 2. The summed E-state index contributed by atoms with van der Waals surface area (Å²) in [6.07, 6.45) is 6.80. The molecule has 2 aliphatic carbocycles. The summed E-state index contributed by atoms with van der Waals surface area (Å²) in [4.78, 5) is 15.3. The van der Waals surface area contributed by atoms with Crippen LogP contribution in [0, 0.1) is 0 Å². The van der Waals surface area contributed by atoms with Crippen LogP contribution in [0.4, 0.5) is 0 Å². The van der Waals surface area contributed by atoms with Crippen molar-refractivity contribution in [3.63, 3.8) is 0 Å². The third-order valence-electron chi connectivity index (χ3n) is 4.15. The predicted octanol–water partition coefficient (Wildman–Crippen LogP) is 2.11. The van der Waals surface area contributed by atoms with Gasteiger partial charge < -0.3 is 14.8 Å². The average Bonchev–Trinajstić information content (AvgIpc) is 2.92. The zero-order chi connectivity index (χ0) is 17.4. The molecule has 4 heteroatoms. The molecule has 0 spiro atoms. The summed E-state index contributed by atoms with van der Waals surface area (Å²) in [7, 11) is 0. The minimum atomic E-state index is -0.0950. The Bertz CT molecular complexity index is 1150. The third kappa shape index (κ3) is 2.56. The Labute approximate surface area is 144 Å². The number of rotatable bonds is 3. The highest BCUT2D eigenvalue weighted by atomic mass is 16.5. The second-order valence-corrected chi connectivity index (χ2v) is 5.71. The van der Waals surface area contributed by atoms with Crippen LogP contribution < -0.4 is 10.6 Å². The molecule has 0 saturated carbocycles. The molecule has 4 nitrogen and oxygen atoms in total. The first-order chi connectivity index (χ1) is 12.2. The highest BCUT2D eigenvalue weighted by Gasteiger charge is 2.18. The lowest BCUT2D eigenvalue weighted by Crippen LogP contribution is -2.24. The van der Waals surface area contributed by atoms with Crippen LogP contribution in [0.5, 0.6) is 5.88 Å². The zero-order valence-corrected chi connectivity index (χ0v) is 13.6. The monoisotopic (exact) mass is 329 g/mol. The first kappa shape index (κ1) is 15.1. The van der Waals surface area contributed by atoms with Crippen molar-refractivity contribution in [2.45, 2.75) is 6.92 Å². The zero-order valence-electron chi connectivity index (χ0n) is 13.6. The molecular weight excluding hydrogens is 314 g/mol. The number of carbonyl (C=O) groups excluding carboxylic acids is 1. The highest BCUT2D eigenvalue weighted by Crippen LogP contribution is 2.28. The number of carbonyl (C=O) groups is 1. The molecule has 2 aromatic rings. The summed E-state index contributed by atoms with van der Waals surface area (Å²) >= 11 is 0. The molecular formula is C21H15NO3. The Hall–Kier alpha value is -3.45. The maximum Gasteiger partial charge on any atom is 0.197 e. The van der Waals surface area contributed by atoms with Crippen molar-refractivity contribution in [1.29, 1.82) is 0 Å². The fourth-order valence-corrected chi connectivity index (χ4v) is 3.00. The van der Waals surface area contributed by atoms with Crippen LogP contribution >= 0.6 is 0 Å². The Balaban J connectivity index is 1.94. The number of hydrogen-bond acceptors (Lipinski definition) is 3.